The number of nitrogens with zero attached hydrogens (tertiary/aromatic N) is 5. The second-order valence-electron chi connectivity index (χ2n) is 5.53. The highest BCUT2D eigenvalue weighted by molar-refractivity contribution is 5.94. The smallest absolute Gasteiger partial charge is 0.272 e. The molecule has 1 amide bonds. The van der Waals surface area contributed by atoms with Gasteiger partial charge in [-0.15, -0.1) is 0 Å². The van der Waals surface area contributed by atoms with Crippen molar-refractivity contribution in [3.8, 4) is 11.6 Å². The van der Waals surface area contributed by atoms with Gasteiger partial charge in [0, 0.05) is 55.1 Å². The van der Waals surface area contributed by atoms with Crippen LogP contribution in [-0.2, 0) is 6.54 Å². The third-order valence-electron chi connectivity index (χ3n) is 3.78. The van der Waals surface area contributed by atoms with E-state index in [-0.39, 0.29) is 11.6 Å². The largest absolute Gasteiger partial charge is 0.350 e. The van der Waals surface area contributed by atoms with E-state index in [4.69, 9.17) is 0 Å². The lowest BCUT2D eigenvalue weighted by atomic mass is 10.1. The van der Waals surface area contributed by atoms with Crippen molar-refractivity contribution >= 4 is 11.6 Å². The van der Waals surface area contributed by atoms with Gasteiger partial charge in [0.05, 0.1) is 4.92 Å². The van der Waals surface area contributed by atoms with Gasteiger partial charge in [0.2, 0.25) is 0 Å². The number of aryl methyl sites for hydroxylation is 1. The second kappa shape index (κ2) is 7.51. The number of amides is 1. The monoisotopic (exact) mass is 352 g/mol. The summed E-state index contributed by atoms with van der Waals surface area (Å²) in [7, 11) is 0. The number of nitrogens with one attached hydrogen (secondary N) is 1. The Hall–Kier alpha value is -3.62. The topological polar surface area (TPSA) is 116 Å². The first kappa shape index (κ1) is 17.2. The van der Waals surface area contributed by atoms with Crippen LogP contribution in [0.5, 0.6) is 0 Å². The van der Waals surface area contributed by atoms with Crippen molar-refractivity contribution < 1.29 is 9.72 Å². The molecule has 2 aromatic heterocycles. The third kappa shape index (κ3) is 3.72. The minimum absolute atomic E-state index is 0.00697. The van der Waals surface area contributed by atoms with Gasteiger partial charge < -0.3 is 9.88 Å². The Bertz CT molecular complexity index is 939. The molecule has 0 radical (unpaired) electrons. The molecule has 0 atom stereocenters. The van der Waals surface area contributed by atoms with Gasteiger partial charge in [0.25, 0.3) is 11.6 Å². The molecule has 0 fully saturated rings. The first-order chi connectivity index (χ1) is 12.6. The summed E-state index contributed by atoms with van der Waals surface area (Å²) in [5.41, 5.74) is 0.818. The average Bonchev–Trinajstić information content (AvgIpc) is 3.10. The fourth-order valence-electron chi connectivity index (χ4n) is 2.50. The van der Waals surface area contributed by atoms with Gasteiger partial charge >= 0.3 is 0 Å². The summed E-state index contributed by atoms with van der Waals surface area (Å²) < 4.78 is 1.84. The molecule has 9 heteroatoms. The van der Waals surface area contributed by atoms with Gasteiger partial charge in [-0.3, -0.25) is 14.9 Å². The number of hydrogen-bond donors (Lipinski definition) is 1. The van der Waals surface area contributed by atoms with Crippen LogP contribution in [0.25, 0.3) is 11.6 Å². The second-order valence-corrected chi connectivity index (χ2v) is 5.53. The number of nitro groups is 1. The van der Waals surface area contributed by atoms with Crippen molar-refractivity contribution in [1.29, 1.82) is 0 Å². The Kier molecular flexibility index (Phi) is 4.97. The van der Waals surface area contributed by atoms with E-state index in [0.717, 1.165) is 0 Å². The van der Waals surface area contributed by atoms with Crippen LogP contribution in [0.3, 0.4) is 0 Å². The van der Waals surface area contributed by atoms with Crippen LogP contribution in [0.1, 0.15) is 15.9 Å². The molecular weight excluding hydrogens is 336 g/mol. The Labute approximate surface area is 148 Å². The van der Waals surface area contributed by atoms with E-state index in [2.05, 4.69) is 20.3 Å². The molecule has 26 heavy (non-hydrogen) atoms. The molecule has 0 saturated heterocycles. The summed E-state index contributed by atoms with van der Waals surface area (Å²) in [4.78, 5) is 35.2. The molecule has 0 bridgehead atoms. The third-order valence-corrected chi connectivity index (χ3v) is 3.78. The van der Waals surface area contributed by atoms with Crippen LogP contribution in [0.4, 0.5) is 5.69 Å². The van der Waals surface area contributed by atoms with E-state index in [1.807, 2.05) is 4.57 Å². The number of rotatable bonds is 6. The molecule has 1 aromatic carbocycles. The molecule has 0 saturated carbocycles. The maximum absolute atomic E-state index is 12.2. The van der Waals surface area contributed by atoms with E-state index in [9.17, 15) is 14.9 Å². The summed E-state index contributed by atoms with van der Waals surface area (Å²) >= 11 is 0. The highest BCUT2D eigenvalue weighted by Gasteiger charge is 2.14. The predicted octanol–water partition coefficient (Wildman–Crippen LogP) is 1.99. The predicted molar refractivity (Wildman–Crippen MR) is 93.4 cm³/mol. The van der Waals surface area contributed by atoms with Crippen LogP contribution in [0.15, 0.2) is 49.1 Å². The number of nitro benzene ring substituents is 1. The molecule has 3 rings (SSSR count). The summed E-state index contributed by atoms with van der Waals surface area (Å²) in [6.07, 6.45) is 6.71. The van der Waals surface area contributed by atoms with Crippen LogP contribution in [0, 0.1) is 17.0 Å². The van der Waals surface area contributed by atoms with Gasteiger partial charge in [-0.05, 0) is 25.1 Å². The lowest BCUT2D eigenvalue weighted by molar-refractivity contribution is -0.385. The molecule has 0 unspecified atom stereocenters. The zero-order valence-electron chi connectivity index (χ0n) is 14.0. The van der Waals surface area contributed by atoms with E-state index >= 15 is 0 Å². The quantitative estimate of drug-likeness (QED) is 0.536. The summed E-state index contributed by atoms with van der Waals surface area (Å²) in [5.74, 6) is 0.835. The maximum atomic E-state index is 12.2. The average molecular weight is 352 g/mol. The molecule has 1 N–H and O–H groups in total. The normalized spacial score (nSPS) is 10.5. The van der Waals surface area contributed by atoms with Crippen molar-refractivity contribution in [2.45, 2.75) is 13.5 Å². The Balaban J connectivity index is 1.62. The molecule has 0 aliphatic heterocycles. The minimum atomic E-state index is -0.469. The highest BCUT2D eigenvalue weighted by atomic mass is 16.6. The number of aromatic nitrogens is 4. The Morgan fingerprint density at radius 3 is 2.69 bits per heavy atom. The zero-order chi connectivity index (χ0) is 18.5. The first-order valence-corrected chi connectivity index (χ1v) is 7.88. The maximum Gasteiger partial charge on any atom is 0.272 e. The Morgan fingerprint density at radius 1 is 1.23 bits per heavy atom. The van der Waals surface area contributed by atoms with Crippen molar-refractivity contribution in [2.75, 3.05) is 6.54 Å². The van der Waals surface area contributed by atoms with E-state index in [0.29, 0.717) is 35.9 Å². The molecule has 0 aliphatic carbocycles. The van der Waals surface area contributed by atoms with Gasteiger partial charge in [-0.25, -0.2) is 15.0 Å². The molecule has 0 spiro atoms. The first-order valence-electron chi connectivity index (χ1n) is 7.88. The van der Waals surface area contributed by atoms with E-state index in [1.54, 1.807) is 37.8 Å². The van der Waals surface area contributed by atoms with Crippen LogP contribution in [0.2, 0.25) is 0 Å². The van der Waals surface area contributed by atoms with Crippen LogP contribution >= 0.6 is 0 Å². The highest BCUT2D eigenvalue weighted by Crippen LogP contribution is 2.18. The number of hydrogen-bond acceptors (Lipinski definition) is 6. The summed E-state index contributed by atoms with van der Waals surface area (Å²) in [5, 5.41) is 13.6. The number of carbonyl (C=O) groups excluding carboxylic acids is 1. The van der Waals surface area contributed by atoms with Gasteiger partial charge in [-0.1, -0.05) is 0 Å². The summed E-state index contributed by atoms with van der Waals surface area (Å²) in [6.45, 7) is 2.46. The lowest BCUT2D eigenvalue weighted by Gasteiger charge is -2.09. The van der Waals surface area contributed by atoms with Crippen molar-refractivity contribution in [3.05, 3.63) is 70.3 Å². The van der Waals surface area contributed by atoms with Gasteiger partial charge in [0.15, 0.2) is 11.6 Å². The zero-order valence-corrected chi connectivity index (χ0v) is 14.0. The molecule has 0 aliphatic rings. The molecule has 3 aromatic rings. The molecule has 9 nitrogen and oxygen atoms in total. The number of benzene rings is 1. The minimum Gasteiger partial charge on any atom is -0.350 e. The number of imidazole rings is 1. The molecule has 132 valence electrons. The van der Waals surface area contributed by atoms with Crippen molar-refractivity contribution in [3.63, 3.8) is 0 Å². The van der Waals surface area contributed by atoms with Gasteiger partial charge in [-0.2, -0.15) is 0 Å². The summed E-state index contributed by atoms with van der Waals surface area (Å²) in [6, 6.07) is 6.02. The van der Waals surface area contributed by atoms with E-state index in [1.165, 1.54) is 18.2 Å². The van der Waals surface area contributed by atoms with E-state index < -0.39 is 4.92 Å². The van der Waals surface area contributed by atoms with Crippen molar-refractivity contribution in [2.24, 2.45) is 0 Å². The fourth-order valence-corrected chi connectivity index (χ4v) is 2.50. The Morgan fingerprint density at radius 2 is 2.00 bits per heavy atom. The van der Waals surface area contributed by atoms with Crippen LogP contribution < -0.4 is 5.32 Å². The fraction of sp³-hybridized carbons (Fsp3) is 0.176. The van der Waals surface area contributed by atoms with Crippen molar-refractivity contribution in [1.82, 2.24) is 24.8 Å². The van der Waals surface area contributed by atoms with Gasteiger partial charge in [0.1, 0.15) is 0 Å². The SMILES string of the molecule is Cc1cc(C(=O)NCCn2ccnc2-c2ncccn2)ccc1[N+](=O)[O-]. The standard InChI is InChI=1S/C17H16N6O3/c1-12-11-13(3-4-14(12)23(25)26)17(24)21-8-10-22-9-7-20-16(22)15-18-5-2-6-19-15/h2-7,9,11H,8,10H2,1H3,(H,21,24). The molecule has 2 heterocycles. The van der Waals surface area contributed by atoms with Crippen LogP contribution in [-0.4, -0.2) is 36.9 Å². The lowest BCUT2D eigenvalue weighted by Crippen LogP contribution is -2.27. The molecular formula is C17H16N6O3. The number of carbonyl (C=O) groups is 1.